The Morgan fingerprint density at radius 3 is 2.06 bits per heavy atom. The molecule has 0 aliphatic rings. The lowest BCUT2D eigenvalue weighted by atomic mass is 10.2. The van der Waals surface area contributed by atoms with E-state index in [-0.39, 0.29) is 0 Å². The molecule has 18 heavy (non-hydrogen) atoms. The quantitative estimate of drug-likeness (QED) is 0.567. The van der Waals surface area contributed by atoms with Crippen molar-refractivity contribution in [2.45, 2.75) is 26.4 Å². The summed E-state index contributed by atoms with van der Waals surface area (Å²) < 4.78 is 16.3. The molecule has 0 aromatic heterocycles. The molecule has 3 heteroatoms. The average Bonchev–Trinajstić information content (AvgIpc) is 2.42. The molecule has 0 unspecified atom stereocenters. The molecule has 0 N–H and O–H groups in total. The summed E-state index contributed by atoms with van der Waals surface area (Å²) in [5.41, 5.74) is 1.19. The van der Waals surface area contributed by atoms with Crippen LogP contribution >= 0.6 is 0 Å². The zero-order valence-electron chi connectivity index (χ0n) is 11.3. The van der Waals surface area contributed by atoms with Crippen molar-refractivity contribution in [3.63, 3.8) is 0 Å². The molecule has 0 saturated heterocycles. The summed E-state index contributed by atoms with van der Waals surface area (Å²) in [5.74, 6) is 0. The van der Waals surface area contributed by atoms with Crippen LogP contribution in [-0.2, 0) is 20.8 Å². The van der Waals surface area contributed by atoms with Gasteiger partial charge in [0.1, 0.15) is 0 Å². The number of ether oxygens (including phenoxy) is 3. The van der Waals surface area contributed by atoms with Gasteiger partial charge in [0, 0.05) is 6.61 Å². The van der Waals surface area contributed by atoms with Crippen LogP contribution < -0.4 is 0 Å². The molecule has 0 radical (unpaired) electrons. The summed E-state index contributed by atoms with van der Waals surface area (Å²) in [7, 11) is 0. The Bertz CT molecular complexity index is 274. The summed E-state index contributed by atoms with van der Waals surface area (Å²) in [6, 6.07) is 10.2. The van der Waals surface area contributed by atoms with E-state index in [1.54, 1.807) is 0 Å². The molecule has 0 spiro atoms. The number of unbranched alkanes of at least 4 members (excludes halogenated alkanes) is 1. The Morgan fingerprint density at radius 2 is 1.39 bits per heavy atom. The highest BCUT2D eigenvalue weighted by molar-refractivity contribution is 5.13. The predicted molar refractivity (Wildman–Crippen MR) is 72.6 cm³/mol. The van der Waals surface area contributed by atoms with Crippen LogP contribution in [0.3, 0.4) is 0 Å². The van der Waals surface area contributed by atoms with Crippen molar-refractivity contribution in [2.24, 2.45) is 0 Å². The Balaban J connectivity index is 1.82. The second kappa shape index (κ2) is 11.2. The van der Waals surface area contributed by atoms with E-state index >= 15 is 0 Å². The highest BCUT2D eigenvalue weighted by atomic mass is 16.5. The van der Waals surface area contributed by atoms with E-state index in [1.165, 1.54) is 12.0 Å². The van der Waals surface area contributed by atoms with Gasteiger partial charge in [-0.05, 0) is 12.0 Å². The Morgan fingerprint density at radius 1 is 0.778 bits per heavy atom. The van der Waals surface area contributed by atoms with Crippen molar-refractivity contribution in [3.8, 4) is 0 Å². The molecule has 102 valence electrons. The highest BCUT2D eigenvalue weighted by Crippen LogP contribution is 1.99. The maximum absolute atomic E-state index is 5.50. The molecule has 0 bridgehead atoms. The summed E-state index contributed by atoms with van der Waals surface area (Å²) in [6.45, 7) is 6.23. The van der Waals surface area contributed by atoms with Crippen molar-refractivity contribution in [1.82, 2.24) is 0 Å². The van der Waals surface area contributed by atoms with E-state index in [2.05, 4.69) is 19.1 Å². The van der Waals surface area contributed by atoms with Crippen LogP contribution in [0, 0.1) is 0 Å². The van der Waals surface area contributed by atoms with E-state index in [0.717, 1.165) is 13.0 Å². The normalized spacial score (nSPS) is 10.7. The summed E-state index contributed by atoms with van der Waals surface area (Å²) >= 11 is 0. The van der Waals surface area contributed by atoms with Gasteiger partial charge in [-0.15, -0.1) is 0 Å². The van der Waals surface area contributed by atoms with Crippen LogP contribution in [0.2, 0.25) is 0 Å². The summed E-state index contributed by atoms with van der Waals surface area (Å²) in [4.78, 5) is 0. The van der Waals surface area contributed by atoms with E-state index in [0.29, 0.717) is 33.0 Å². The third-order valence-electron chi connectivity index (χ3n) is 2.50. The van der Waals surface area contributed by atoms with Gasteiger partial charge in [0.25, 0.3) is 0 Å². The Labute approximate surface area is 110 Å². The molecule has 0 aliphatic heterocycles. The van der Waals surface area contributed by atoms with E-state index < -0.39 is 0 Å². The van der Waals surface area contributed by atoms with Gasteiger partial charge < -0.3 is 14.2 Å². The first-order valence-corrected chi connectivity index (χ1v) is 6.70. The highest BCUT2D eigenvalue weighted by Gasteiger charge is 1.93. The minimum absolute atomic E-state index is 0.629. The van der Waals surface area contributed by atoms with Gasteiger partial charge in [0.2, 0.25) is 0 Å². The van der Waals surface area contributed by atoms with Crippen molar-refractivity contribution >= 4 is 0 Å². The first-order valence-electron chi connectivity index (χ1n) is 6.70. The maximum atomic E-state index is 5.50. The smallest absolute Gasteiger partial charge is 0.0718 e. The maximum Gasteiger partial charge on any atom is 0.0718 e. The molecule has 3 nitrogen and oxygen atoms in total. The zero-order chi connectivity index (χ0) is 12.9. The van der Waals surface area contributed by atoms with Gasteiger partial charge >= 0.3 is 0 Å². The Hall–Kier alpha value is -0.900. The van der Waals surface area contributed by atoms with E-state index in [9.17, 15) is 0 Å². The number of rotatable bonds is 11. The van der Waals surface area contributed by atoms with Gasteiger partial charge in [-0.1, -0.05) is 43.7 Å². The monoisotopic (exact) mass is 252 g/mol. The van der Waals surface area contributed by atoms with Gasteiger partial charge in [-0.2, -0.15) is 0 Å². The lowest BCUT2D eigenvalue weighted by molar-refractivity contribution is 0.0102. The van der Waals surface area contributed by atoms with Crippen molar-refractivity contribution < 1.29 is 14.2 Å². The van der Waals surface area contributed by atoms with Gasteiger partial charge in [0.05, 0.1) is 33.0 Å². The van der Waals surface area contributed by atoms with Gasteiger partial charge in [0.15, 0.2) is 0 Å². The van der Waals surface area contributed by atoms with Crippen LogP contribution in [0.1, 0.15) is 25.3 Å². The molecule has 0 saturated carbocycles. The lowest BCUT2D eigenvalue weighted by Gasteiger charge is -2.06. The predicted octanol–water partition coefficient (Wildman–Crippen LogP) is 3.04. The van der Waals surface area contributed by atoms with Crippen LogP contribution in [0.15, 0.2) is 30.3 Å². The molecular formula is C15H24O3. The molecule has 1 aromatic carbocycles. The fraction of sp³-hybridized carbons (Fsp3) is 0.600. The molecule has 0 fully saturated rings. The topological polar surface area (TPSA) is 27.7 Å². The van der Waals surface area contributed by atoms with Gasteiger partial charge in [-0.3, -0.25) is 0 Å². The summed E-state index contributed by atoms with van der Waals surface area (Å²) in [5, 5.41) is 0. The first kappa shape index (κ1) is 15.2. The minimum atomic E-state index is 0.629. The van der Waals surface area contributed by atoms with Crippen molar-refractivity contribution in [1.29, 1.82) is 0 Å². The second-order valence-corrected chi connectivity index (χ2v) is 4.12. The largest absolute Gasteiger partial charge is 0.379 e. The van der Waals surface area contributed by atoms with Crippen LogP contribution in [0.5, 0.6) is 0 Å². The third kappa shape index (κ3) is 8.23. The standard InChI is InChI=1S/C15H24O3/c1-2-3-9-16-10-11-17-12-13-18-14-15-7-5-4-6-8-15/h4-8H,2-3,9-14H2,1H3. The first-order chi connectivity index (χ1) is 8.93. The lowest BCUT2D eigenvalue weighted by Crippen LogP contribution is -2.09. The van der Waals surface area contributed by atoms with Crippen LogP contribution in [0.25, 0.3) is 0 Å². The third-order valence-corrected chi connectivity index (χ3v) is 2.50. The fourth-order valence-electron chi connectivity index (χ4n) is 1.45. The molecule has 1 rings (SSSR count). The molecular weight excluding hydrogens is 228 g/mol. The molecule has 1 aromatic rings. The molecule has 0 heterocycles. The van der Waals surface area contributed by atoms with Crippen molar-refractivity contribution in [3.05, 3.63) is 35.9 Å². The van der Waals surface area contributed by atoms with E-state index in [4.69, 9.17) is 14.2 Å². The van der Waals surface area contributed by atoms with Gasteiger partial charge in [-0.25, -0.2) is 0 Å². The van der Waals surface area contributed by atoms with Crippen LogP contribution in [0.4, 0.5) is 0 Å². The molecule has 0 aliphatic carbocycles. The summed E-state index contributed by atoms with van der Waals surface area (Å²) in [6.07, 6.45) is 2.30. The second-order valence-electron chi connectivity index (χ2n) is 4.12. The SMILES string of the molecule is CCCCOCCOCCOCc1ccccc1. The number of hydrogen-bond acceptors (Lipinski definition) is 3. The Kier molecular flexibility index (Phi) is 9.44. The zero-order valence-corrected chi connectivity index (χ0v) is 11.3. The minimum Gasteiger partial charge on any atom is -0.379 e. The number of benzene rings is 1. The molecule has 0 atom stereocenters. The fourth-order valence-corrected chi connectivity index (χ4v) is 1.45. The van der Waals surface area contributed by atoms with Crippen LogP contribution in [-0.4, -0.2) is 33.0 Å². The average molecular weight is 252 g/mol. The molecule has 0 amide bonds. The number of hydrogen-bond donors (Lipinski definition) is 0. The van der Waals surface area contributed by atoms with E-state index in [1.807, 2.05) is 18.2 Å². The van der Waals surface area contributed by atoms with Crippen molar-refractivity contribution in [2.75, 3.05) is 33.0 Å².